The smallest absolute Gasteiger partial charge is 0.306 e. The number of anilines is 1. The van der Waals surface area contributed by atoms with Gasteiger partial charge < -0.3 is 15.7 Å². The topological polar surface area (TPSA) is 122 Å². The van der Waals surface area contributed by atoms with Gasteiger partial charge in [0, 0.05) is 36.8 Å². The fraction of sp³-hybridized carbons (Fsp3) is 0.500. The Bertz CT molecular complexity index is 602. The number of nitro groups is 1. The molecule has 130 valence electrons. The Labute approximate surface area is 139 Å². The van der Waals surface area contributed by atoms with E-state index in [1.54, 1.807) is 12.1 Å². The second kappa shape index (κ2) is 8.28. The molecule has 1 aromatic rings. The van der Waals surface area contributed by atoms with Gasteiger partial charge in [-0.05, 0) is 37.8 Å². The molecule has 0 bridgehead atoms. The average molecular weight is 335 g/mol. The molecule has 24 heavy (non-hydrogen) atoms. The van der Waals surface area contributed by atoms with Crippen LogP contribution in [0.3, 0.4) is 0 Å². The summed E-state index contributed by atoms with van der Waals surface area (Å²) >= 11 is 0. The number of carboxylic acids is 1. The Hall–Kier alpha value is -2.64. The molecule has 1 aromatic carbocycles. The predicted molar refractivity (Wildman–Crippen MR) is 87.7 cm³/mol. The molecule has 0 heterocycles. The van der Waals surface area contributed by atoms with Crippen LogP contribution in [-0.4, -0.2) is 34.5 Å². The Balaban J connectivity index is 1.62. The van der Waals surface area contributed by atoms with Crippen molar-refractivity contribution in [3.63, 3.8) is 0 Å². The lowest BCUT2D eigenvalue weighted by Crippen LogP contribution is -2.33. The molecule has 1 aliphatic rings. The van der Waals surface area contributed by atoms with Gasteiger partial charge in [-0.1, -0.05) is 0 Å². The van der Waals surface area contributed by atoms with Crippen molar-refractivity contribution in [1.82, 2.24) is 5.32 Å². The number of nitrogens with one attached hydrogen (secondary N) is 2. The first-order chi connectivity index (χ1) is 11.5. The van der Waals surface area contributed by atoms with E-state index in [-0.39, 0.29) is 23.6 Å². The Morgan fingerprint density at radius 2 is 1.96 bits per heavy atom. The third kappa shape index (κ3) is 5.22. The second-order valence-electron chi connectivity index (χ2n) is 5.95. The van der Waals surface area contributed by atoms with Gasteiger partial charge in [-0.3, -0.25) is 19.7 Å². The van der Waals surface area contributed by atoms with E-state index in [1.165, 1.54) is 12.1 Å². The van der Waals surface area contributed by atoms with Crippen molar-refractivity contribution in [3.8, 4) is 0 Å². The van der Waals surface area contributed by atoms with Crippen LogP contribution < -0.4 is 10.6 Å². The Kier molecular flexibility index (Phi) is 6.11. The van der Waals surface area contributed by atoms with Crippen molar-refractivity contribution < 1.29 is 19.6 Å². The van der Waals surface area contributed by atoms with Crippen molar-refractivity contribution in [2.75, 3.05) is 11.9 Å². The molecule has 0 aromatic heterocycles. The van der Waals surface area contributed by atoms with Gasteiger partial charge in [0.15, 0.2) is 0 Å². The summed E-state index contributed by atoms with van der Waals surface area (Å²) in [6.45, 7) is 0.577. The minimum absolute atomic E-state index is 0.0381. The van der Waals surface area contributed by atoms with Gasteiger partial charge in [0.1, 0.15) is 0 Å². The first-order valence-electron chi connectivity index (χ1n) is 7.96. The first kappa shape index (κ1) is 17.7. The van der Waals surface area contributed by atoms with Gasteiger partial charge in [-0.2, -0.15) is 0 Å². The molecule has 1 amide bonds. The van der Waals surface area contributed by atoms with Crippen molar-refractivity contribution in [3.05, 3.63) is 34.4 Å². The molecular weight excluding hydrogens is 314 g/mol. The number of benzene rings is 1. The van der Waals surface area contributed by atoms with Crippen molar-refractivity contribution in [1.29, 1.82) is 0 Å². The summed E-state index contributed by atoms with van der Waals surface area (Å²) in [6.07, 6.45) is 2.81. The van der Waals surface area contributed by atoms with Gasteiger partial charge in [0.2, 0.25) is 5.91 Å². The van der Waals surface area contributed by atoms with Crippen molar-refractivity contribution in [2.45, 2.75) is 38.1 Å². The lowest BCUT2D eigenvalue weighted by atomic mass is 10.1. The number of carboxylic acid groups (broad SMARTS) is 1. The normalized spacial score (nSPS) is 19.7. The minimum atomic E-state index is -0.793. The quantitative estimate of drug-likeness (QED) is 0.380. The van der Waals surface area contributed by atoms with Crippen LogP contribution in [-0.2, 0) is 9.59 Å². The van der Waals surface area contributed by atoms with Gasteiger partial charge in [0.05, 0.1) is 10.8 Å². The highest BCUT2D eigenvalue weighted by molar-refractivity contribution is 5.76. The van der Waals surface area contributed by atoms with Gasteiger partial charge in [0.25, 0.3) is 5.69 Å². The standard InChI is InChI=1S/C16H21N3O5/c20-15(18-13-4-3-11(10-13)16(21)22)2-1-9-17-12-5-7-14(8-6-12)19(23)24/h5-8,11,13,17H,1-4,9-10H2,(H,18,20)(H,21,22)/t11-,13+/m0/s1. The highest BCUT2D eigenvalue weighted by Gasteiger charge is 2.30. The number of nitro benzene ring substituents is 1. The molecule has 0 aliphatic heterocycles. The number of carbonyl (C=O) groups is 2. The molecule has 8 nitrogen and oxygen atoms in total. The number of rotatable bonds is 8. The molecule has 0 radical (unpaired) electrons. The van der Waals surface area contributed by atoms with Crippen molar-refractivity contribution >= 4 is 23.3 Å². The number of non-ortho nitro benzene ring substituents is 1. The van der Waals surface area contributed by atoms with E-state index in [0.29, 0.717) is 38.6 Å². The molecule has 0 saturated heterocycles. The predicted octanol–water partition coefficient (Wildman–Crippen LogP) is 2.16. The number of hydrogen-bond donors (Lipinski definition) is 3. The maximum atomic E-state index is 11.8. The van der Waals surface area contributed by atoms with Crippen LogP contribution >= 0.6 is 0 Å². The lowest BCUT2D eigenvalue weighted by Gasteiger charge is -2.12. The van der Waals surface area contributed by atoms with Gasteiger partial charge >= 0.3 is 5.97 Å². The van der Waals surface area contributed by atoms with Crippen LogP contribution in [0.15, 0.2) is 24.3 Å². The van der Waals surface area contributed by atoms with Gasteiger partial charge in [-0.25, -0.2) is 0 Å². The fourth-order valence-electron chi connectivity index (χ4n) is 2.82. The number of hydrogen-bond acceptors (Lipinski definition) is 5. The third-order valence-corrected chi connectivity index (χ3v) is 4.13. The molecule has 2 atom stereocenters. The molecular formula is C16H21N3O5. The third-order valence-electron chi connectivity index (χ3n) is 4.13. The van der Waals surface area contributed by atoms with E-state index in [2.05, 4.69) is 10.6 Å². The number of aliphatic carboxylic acids is 1. The first-order valence-corrected chi connectivity index (χ1v) is 7.96. The molecule has 1 aliphatic carbocycles. The van der Waals surface area contributed by atoms with E-state index < -0.39 is 10.9 Å². The van der Waals surface area contributed by atoms with E-state index in [9.17, 15) is 19.7 Å². The van der Waals surface area contributed by atoms with Crippen LogP contribution in [0.2, 0.25) is 0 Å². The molecule has 3 N–H and O–H groups in total. The van der Waals surface area contributed by atoms with Crippen LogP contribution in [0.1, 0.15) is 32.1 Å². The van der Waals surface area contributed by atoms with Crippen molar-refractivity contribution in [2.24, 2.45) is 5.92 Å². The summed E-state index contributed by atoms with van der Waals surface area (Å²) in [5.74, 6) is -1.21. The Morgan fingerprint density at radius 3 is 2.54 bits per heavy atom. The molecule has 2 rings (SSSR count). The maximum absolute atomic E-state index is 11.8. The lowest BCUT2D eigenvalue weighted by molar-refractivity contribution is -0.384. The van der Waals surface area contributed by atoms with Crippen LogP contribution in [0.25, 0.3) is 0 Å². The monoisotopic (exact) mass is 335 g/mol. The summed E-state index contributed by atoms with van der Waals surface area (Å²) in [5, 5.41) is 25.5. The van der Waals surface area contributed by atoms with E-state index in [4.69, 9.17) is 5.11 Å². The van der Waals surface area contributed by atoms with E-state index in [0.717, 1.165) is 5.69 Å². The number of amides is 1. The average Bonchev–Trinajstić information content (AvgIpc) is 3.00. The Morgan fingerprint density at radius 1 is 1.25 bits per heavy atom. The molecule has 1 saturated carbocycles. The summed E-state index contributed by atoms with van der Waals surface area (Å²) in [5.41, 5.74) is 0.803. The number of nitrogens with zero attached hydrogens (tertiary/aromatic N) is 1. The van der Waals surface area contributed by atoms with Gasteiger partial charge in [-0.15, -0.1) is 0 Å². The molecule has 0 spiro atoms. The highest BCUT2D eigenvalue weighted by Crippen LogP contribution is 2.25. The second-order valence-corrected chi connectivity index (χ2v) is 5.95. The van der Waals surface area contributed by atoms with Crippen LogP contribution in [0, 0.1) is 16.0 Å². The maximum Gasteiger partial charge on any atom is 0.306 e. The molecule has 8 heteroatoms. The summed E-state index contributed by atoms with van der Waals surface area (Å²) in [7, 11) is 0. The summed E-state index contributed by atoms with van der Waals surface area (Å²) < 4.78 is 0. The van der Waals surface area contributed by atoms with E-state index >= 15 is 0 Å². The zero-order valence-electron chi connectivity index (χ0n) is 13.2. The van der Waals surface area contributed by atoms with Crippen LogP contribution in [0.5, 0.6) is 0 Å². The van der Waals surface area contributed by atoms with E-state index in [1.807, 2.05) is 0 Å². The van der Waals surface area contributed by atoms with Crippen LogP contribution in [0.4, 0.5) is 11.4 Å². The SMILES string of the molecule is O=C(CCCNc1ccc([N+](=O)[O-])cc1)N[C@@H]1CC[C@H](C(=O)O)C1. The highest BCUT2D eigenvalue weighted by atomic mass is 16.6. The fourth-order valence-corrected chi connectivity index (χ4v) is 2.82. The molecule has 1 fully saturated rings. The number of carbonyl (C=O) groups excluding carboxylic acids is 1. The summed E-state index contributed by atoms with van der Waals surface area (Å²) in [4.78, 5) is 32.8. The largest absolute Gasteiger partial charge is 0.481 e. The molecule has 0 unspecified atom stereocenters. The zero-order valence-corrected chi connectivity index (χ0v) is 13.2. The minimum Gasteiger partial charge on any atom is -0.481 e. The zero-order chi connectivity index (χ0) is 17.5. The summed E-state index contributed by atoms with van der Waals surface area (Å²) in [6, 6.07) is 6.06.